The summed E-state index contributed by atoms with van der Waals surface area (Å²) in [5, 5.41) is 5.69. The summed E-state index contributed by atoms with van der Waals surface area (Å²) >= 11 is 0. The van der Waals surface area contributed by atoms with Crippen molar-refractivity contribution in [3.63, 3.8) is 0 Å². The molecule has 2 aromatic carbocycles. The highest BCUT2D eigenvalue weighted by molar-refractivity contribution is 6.05. The third kappa shape index (κ3) is 5.10. The van der Waals surface area contributed by atoms with E-state index in [9.17, 15) is 9.59 Å². The summed E-state index contributed by atoms with van der Waals surface area (Å²) in [7, 11) is 3.06. The zero-order chi connectivity index (χ0) is 18.2. The summed E-state index contributed by atoms with van der Waals surface area (Å²) in [6.45, 7) is 1.45. The number of hydrogen-bond acceptors (Lipinski definition) is 5. The average Bonchev–Trinajstić information content (AvgIpc) is 2.62. The minimum Gasteiger partial charge on any atom is -0.493 e. The van der Waals surface area contributed by atoms with E-state index in [1.807, 2.05) is 0 Å². The number of allylic oxidation sites excluding steroid dienone is 1. The number of ketones is 1. The Hall–Kier alpha value is -3.28. The molecule has 2 N–H and O–H groups in total. The van der Waals surface area contributed by atoms with E-state index in [2.05, 4.69) is 10.6 Å². The van der Waals surface area contributed by atoms with Gasteiger partial charge in [-0.3, -0.25) is 9.59 Å². The van der Waals surface area contributed by atoms with Gasteiger partial charge in [0.05, 0.1) is 14.2 Å². The first-order chi connectivity index (χ1) is 12.0. The molecule has 0 aliphatic heterocycles. The van der Waals surface area contributed by atoms with Gasteiger partial charge in [-0.05, 0) is 42.5 Å². The summed E-state index contributed by atoms with van der Waals surface area (Å²) < 4.78 is 10.3. The van der Waals surface area contributed by atoms with Crippen LogP contribution in [0.5, 0.6) is 11.5 Å². The number of methoxy groups -OCH3 is 2. The molecule has 0 aliphatic carbocycles. The van der Waals surface area contributed by atoms with E-state index in [1.165, 1.54) is 20.1 Å². The number of benzene rings is 2. The number of hydrogen-bond donors (Lipinski definition) is 2. The maximum absolute atomic E-state index is 12.2. The Bertz CT molecular complexity index is 783. The molecule has 1 amide bonds. The van der Waals surface area contributed by atoms with Gasteiger partial charge in [-0.15, -0.1) is 0 Å². The molecule has 0 atom stereocenters. The number of anilines is 2. The van der Waals surface area contributed by atoms with Crippen molar-refractivity contribution in [2.24, 2.45) is 0 Å². The Balaban J connectivity index is 1.99. The van der Waals surface area contributed by atoms with Gasteiger partial charge < -0.3 is 20.1 Å². The van der Waals surface area contributed by atoms with Crippen molar-refractivity contribution in [2.45, 2.75) is 6.92 Å². The molecule has 25 heavy (non-hydrogen) atoms. The van der Waals surface area contributed by atoms with Crippen LogP contribution in [0, 0.1) is 0 Å². The topological polar surface area (TPSA) is 76.7 Å². The molecule has 0 fully saturated rings. The van der Waals surface area contributed by atoms with Crippen LogP contribution in [0.3, 0.4) is 0 Å². The van der Waals surface area contributed by atoms with E-state index in [0.717, 1.165) is 5.69 Å². The normalized spacial score (nSPS) is 10.4. The first kappa shape index (κ1) is 18.1. The molecule has 2 aromatic rings. The molecular weight excluding hydrogens is 320 g/mol. The van der Waals surface area contributed by atoms with Crippen molar-refractivity contribution in [3.05, 3.63) is 60.3 Å². The van der Waals surface area contributed by atoms with Crippen LogP contribution in [0.1, 0.15) is 17.3 Å². The van der Waals surface area contributed by atoms with Crippen molar-refractivity contribution >= 4 is 23.1 Å². The zero-order valence-corrected chi connectivity index (χ0v) is 14.3. The third-order valence-corrected chi connectivity index (χ3v) is 3.36. The fourth-order valence-corrected chi connectivity index (χ4v) is 2.15. The lowest BCUT2D eigenvalue weighted by Gasteiger charge is -2.08. The molecule has 0 saturated carbocycles. The molecule has 0 saturated heterocycles. The number of carbonyl (C=O) groups is 2. The number of rotatable bonds is 7. The fraction of sp³-hybridized carbons (Fsp3) is 0.158. The molecule has 6 heteroatoms. The van der Waals surface area contributed by atoms with Crippen LogP contribution in [-0.2, 0) is 4.79 Å². The third-order valence-electron chi connectivity index (χ3n) is 3.36. The first-order valence-electron chi connectivity index (χ1n) is 7.60. The lowest BCUT2D eigenvalue weighted by atomic mass is 10.1. The van der Waals surface area contributed by atoms with Gasteiger partial charge in [0.1, 0.15) is 0 Å². The van der Waals surface area contributed by atoms with Crippen LogP contribution in [0.4, 0.5) is 11.4 Å². The molecule has 0 unspecified atom stereocenters. The zero-order valence-electron chi connectivity index (χ0n) is 14.3. The molecule has 0 bridgehead atoms. The number of ether oxygens (including phenoxy) is 2. The predicted molar refractivity (Wildman–Crippen MR) is 97.4 cm³/mol. The maximum Gasteiger partial charge on any atom is 0.221 e. The summed E-state index contributed by atoms with van der Waals surface area (Å²) in [5.74, 6) is 0.785. The number of carbonyl (C=O) groups excluding carboxylic acids is 2. The summed E-state index contributed by atoms with van der Waals surface area (Å²) in [6.07, 6.45) is 3.00. The van der Waals surface area contributed by atoms with E-state index in [0.29, 0.717) is 22.7 Å². The Morgan fingerprint density at radius 2 is 1.56 bits per heavy atom. The van der Waals surface area contributed by atoms with Crippen LogP contribution >= 0.6 is 0 Å². The molecule has 130 valence electrons. The van der Waals surface area contributed by atoms with Gasteiger partial charge in [-0.25, -0.2) is 0 Å². The minimum absolute atomic E-state index is 0.124. The lowest BCUT2D eigenvalue weighted by Crippen LogP contribution is -2.05. The number of amides is 1. The van der Waals surface area contributed by atoms with Gasteiger partial charge in [-0.1, -0.05) is 0 Å². The van der Waals surface area contributed by atoms with Crippen molar-refractivity contribution in [1.29, 1.82) is 0 Å². The second kappa shape index (κ2) is 8.54. The molecule has 0 radical (unpaired) electrons. The molecular formula is C19H20N2O4. The van der Waals surface area contributed by atoms with Crippen LogP contribution in [0.15, 0.2) is 54.7 Å². The monoisotopic (exact) mass is 340 g/mol. The van der Waals surface area contributed by atoms with Crippen LogP contribution in [-0.4, -0.2) is 25.9 Å². The quantitative estimate of drug-likeness (QED) is 0.596. The van der Waals surface area contributed by atoms with Gasteiger partial charge in [-0.2, -0.15) is 0 Å². The Labute approximate surface area is 146 Å². The summed E-state index contributed by atoms with van der Waals surface area (Å²) in [5.41, 5.74) is 2.01. The molecule has 0 aliphatic rings. The van der Waals surface area contributed by atoms with Gasteiger partial charge in [0.2, 0.25) is 5.91 Å². The van der Waals surface area contributed by atoms with E-state index in [1.54, 1.807) is 55.8 Å². The van der Waals surface area contributed by atoms with Crippen molar-refractivity contribution < 1.29 is 19.1 Å². The first-order valence-corrected chi connectivity index (χ1v) is 7.60. The minimum atomic E-state index is -0.164. The Kier molecular flexibility index (Phi) is 6.17. The smallest absolute Gasteiger partial charge is 0.221 e. The van der Waals surface area contributed by atoms with Crippen molar-refractivity contribution in [1.82, 2.24) is 0 Å². The standard InChI is InChI=1S/C19H20N2O4/c1-13(22)21-16-7-5-15(6-8-16)20-11-10-17(23)14-4-9-18(24-2)19(12-14)25-3/h4-12,20H,1-3H3,(H,21,22). The highest BCUT2D eigenvalue weighted by Gasteiger charge is 2.08. The second-order valence-corrected chi connectivity index (χ2v) is 5.17. The molecule has 2 rings (SSSR count). The molecule has 0 spiro atoms. The molecule has 0 aromatic heterocycles. The van der Waals surface area contributed by atoms with Gasteiger partial charge in [0.25, 0.3) is 0 Å². The summed E-state index contributed by atoms with van der Waals surface area (Å²) in [6, 6.07) is 12.1. The van der Waals surface area contributed by atoms with Gasteiger partial charge in [0.15, 0.2) is 17.3 Å². The fourth-order valence-electron chi connectivity index (χ4n) is 2.15. The highest BCUT2D eigenvalue weighted by Crippen LogP contribution is 2.27. The second-order valence-electron chi connectivity index (χ2n) is 5.17. The van der Waals surface area contributed by atoms with E-state index in [4.69, 9.17) is 9.47 Å². The van der Waals surface area contributed by atoms with Crippen molar-refractivity contribution in [3.8, 4) is 11.5 Å². The molecule has 6 nitrogen and oxygen atoms in total. The van der Waals surface area contributed by atoms with Crippen LogP contribution < -0.4 is 20.1 Å². The summed E-state index contributed by atoms with van der Waals surface area (Å²) in [4.78, 5) is 23.2. The van der Waals surface area contributed by atoms with E-state index < -0.39 is 0 Å². The van der Waals surface area contributed by atoms with E-state index >= 15 is 0 Å². The van der Waals surface area contributed by atoms with Gasteiger partial charge >= 0.3 is 0 Å². The Morgan fingerprint density at radius 1 is 0.920 bits per heavy atom. The van der Waals surface area contributed by atoms with Gasteiger partial charge in [0, 0.05) is 36.1 Å². The van der Waals surface area contributed by atoms with E-state index in [-0.39, 0.29) is 11.7 Å². The Morgan fingerprint density at radius 3 is 2.16 bits per heavy atom. The largest absolute Gasteiger partial charge is 0.493 e. The SMILES string of the molecule is COc1ccc(C(=O)C=CNc2ccc(NC(C)=O)cc2)cc1OC. The van der Waals surface area contributed by atoms with Crippen LogP contribution in [0.25, 0.3) is 0 Å². The average molecular weight is 340 g/mol. The van der Waals surface area contributed by atoms with Crippen LogP contribution in [0.2, 0.25) is 0 Å². The highest BCUT2D eigenvalue weighted by atomic mass is 16.5. The van der Waals surface area contributed by atoms with Crippen molar-refractivity contribution in [2.75, 3.05) is 24.9 Å². The maximum atomic E-state index is 12.2. The predicted octanol–water partition coefficient (Wildman–Crippen LogP) is 3.47. The molecule has 0 heterocycles. The lowest BCUT2D eigenvalue weighted by molar-refractivity contribution is -0.114. The number of nitrogens with one attached hydrogen (secondary N) is 2.